The number of rotatable bonds is 7. The second kappa shape index (κ2) is 11.2. The highest BCUT2D eigenvalue weighted by atomic mass is 19.1. The summed E-state index contributed by atoms with van der Waals surface area (Å²) >= 11 is 0. The van der Waals surface area contributed by atoms with Crippen molar-refractivity contribution >= 4 is 11.8 Å². The van der Waals surface area contributed by atoms with Gasteiger partial charge in [0, 0.05) is 18.7 Å². The van der Waals surface area contributed by atoms with Gasteiger partial charge >= 0.3 is 0 Å². The minimum absolute atomic E-state index is 0.0698. The lowest BCUT2D eigenvalue weighted by molar-refractivity contribution is -0.126. The monoisotopic (exact) mass is 474 g/mol. The minimum atomic E-state index is -0.453. The third-order valence-electron chi connectivity index (χ3n) is 6.60. The Bertz CT molecular complexity index is 1200. The number of likely N-dealkylation sites (tertiary alicyclic amines) is 1. The van der Waals surface area contributed by atoms with Crippen molar-refractivity contribution in [2.24, 2.45) is 5.92 Å². The van der Waals surface area contributed by atoms with Crippen molar-refractivity contribution in [2.75, 3.05) is 20.2 Å². The van der Waals surface area contributed by atoms with Crippen LogP contribution in [0.3, 0.4) is 0 Å². The molecule has 6 heteroatoms. The molecule has 0 aromatic heterocycles. The summed E-state index contributed by atoms with van der Waals surface area (Å²) in [6, 6.07) is 21.4. The average molecular weight is 475 g/mol. The van der Waals surface area contributed by atoms with Gasteiger partial charge in [-0.25, -0.2) is 4.39 Å². The van der Waals surface area contributed by atoms with Gasteiger partial charge in [-0.1, -0.05) is 54.1 Å². The van der Waals surface area contributed by atoms with Crippen LogP contribution in [0.1, 0.15) is 45.9 Å². The predicted octanol–water partition coefficient (Wildman–Crippen LogP) is 5.10. The lowest BCUT2D eigenvalue weighted by Gasteiger charge is -2.39. The summed E-state index contributed by atoms with van der Waals surface area (Å²) in [6.45, 7) is 2.78. The van der Waals surface area contributed by atoms with Crippen LogP contribution >= 0.6 is 0 Å². The summed E-state index contributed by atoms with van der Waals surface area (Å²) in [4.78, 5) is 28.3. The number of carbonyl (C=O) groups excluding carboxylic acids is 2. The van der Waals surface area contributed by atoms with Gasteiger partial charge in [0.15, 0.2) is 0 Å². The number of methoxy groups -OCH3 is 1. The summed E-state index contributed by atoms with van der Waals surface area (Å²) in [5, 5.41) is 3.03. The van der Waals surface area contributed by atoms with Crippen molar-refractivity contribution in [3.05, 3.63) is 101 Å². The van der Waals surface area contributed by atoms with E-state index in [1.807, 2.05) is 49.4 Å². The van der Waals surface area contributed by atoms with Crippen LogP contribution in [0.5, 0.6) is 5.75 Å². The number of amides is 2. The van der Waals surface area contributed by atoms with Crippen LogP contribution in [-0.2, 0) is 11.2 Å². The van der Waals surface area contributed by atoms with Crippen LogP contribution in [0.25, 0.3) is 0 Å². The Labute approximate surface area is 205 Å². The Kier molecular flexibility index (Phi) is 7.80. The molecule has 0 aliphatic carbocycles. The van der Waals surface area contributed by atoms with E-state index in [1.165, 1.54) is 18.2 Å². The molecule has 4 rings (SSSR count). The lowest BCUT2D eigenvalue weighted by Crippen LogP contribution is -2.47. The fraction of sp³-hybridized carbons (Fsp3) is 0.310. The highest BCUT2D eigenvalue weighted by molar-refractivity contribution is 5.95. The van der Waals surface area contributed by atoms with Crippen molar-refractivity contribution in [2.45, 2.75) is 32.2 Å². The maximum absolute atomic E-state index is 13.9. The molecule has 1 aliphatic rings. The van der Waals surface area contributed by atoms with E-state index in [0.29, 0.717) is 31.4 Å². The molecule has 1 saturated heterocycles. The number of nitrogens with zero attached hydrogens (tertiary/aromatic N) is 1. The molecule has 1 heterocycles. The minimum Gasteiger partial charge on any atom is -0.496 e. The summed E-state index contributed by atoms with van der Waals surface area (Å²) < 4.78 is 19.3. The highest BCUT2D eigenvalue weighted by Gasteiger charge is 2.36. The smallest absolute Gasteiger partial charge is 0.254 e. The second-order valence-corrected chi connectivity index (χ2v) is 9.02. The van der Waals surface area contributed by atoms with Crippen molar-refractivity contribution in [3.63, 3.8) is 0 Å². The number of aryl methyl sites for hydroxylation is 1. The predicted molar refractivity (Wildman–Crippen MR) is 134 cm³/mol. The molecule has 2 amide bonds. The Morgan fingerprint density at radius 1 is 1.03 bits per heavy atom. The molecule has 1 fully saturated rings. The first-order chi connectivity index (χ1) is 17.0. The van der Waals surface area contributed by atoms with Gasteiger partial charge in [-0.2, -0.15) is 0 Å². The van der Waals surface area contributed by atoms with Crippen molar-refractivity contribution in [3.8, 4) is 5.75 Å². The number of hydrogen-bond acceptors (Lipinski definition) is 3. The van der Waals surface area contributed by atoms with Crippen molar-refractivity contribution < 1.29 is 18.7 Å². The van der Waals surface area contributed by atoms with Crippen molar-refractivity contribution in [1.29, 1.82) is 0 Å². The van der Waals surface area contributed by atoms with Gasteiger partial charge in [0.25, 0.3) is 5.91 Å². The first-order valence-electron chi connectivity index (χ1n) is 12.0. The van der Waals surface area contributed by atoms with Gasteiger partial charge in [0.05, 0.1) is 19.1 Å². The van der Waals surface area contributed by atoms with Crippen LogP contribution in [0, 0.1) is 18.7 Å². The zero-order valence-corrected chi connectivity index (χ0v) is 20.2. The lowest BCUT2D eigenvalue weighted by atomic mass is 9.87. The van der Waals surface area contributed by atoms with Crippen LogP contribution in [0.4, 0.5) is 4.39 Å². The largest absolute Gasteiger partial charge is 0.496 e. The quantitative estimate of drug-likeness (QED) is 0.519. The van der Waals surface area contributed by atoms with Crippen LogP contribution in [0.2, 0.25) is 0 Å². The first-order valence-corrected chi connectivity index (χ1v) is 12.0. The first kappa shape index (κ1) is 24.5. The van der Waals surface area contributed by atoms with Gasteiger partial charge in [0.1, 0.15) is 11.6 Å². The summed E-state index contributed by atoms with van der Waals surface area (Å²) in [5.74, 6) is -0.314. The van der Waals surface area contributed by atoms with E-state index in [9.17, 15) is 14.0 Å². The molecule has 1 aliphatic heterocycles. The molecule has 0 unspecified atom stereocenters. The third-order valence-corrected chi connectivity index (χ3v) is 6.60. The highest BCUT2D eigenvalue weighted by Crippen LogP contribution is 2.35. The second-order valence-electron chi connectivity index (χ2n) is 9.02. The SMILES string of the molecule is COc1ccccc1CCNC(=O)[C@H]1CC[C@H](c2cccc(C)c2)N(C(=O)c2cccc(F)c2)C1. The van der Waals surface area contributed by atoms with E-state index in [-0.39, 0.29) is 30.3 Å². The topological polar surface area (TPSA) is 58.6 Å². The number of hydrogen-bond donors (Lipinski definition) is 1. The number of carbonyl (C=O) groups is 2. The molecule has 3 aromatic rings. The third kappa shape index (κ3) is 5.88. The molecular formula is C29H31FN2O3. The Morgan fingerprint density at radius 2 is 1.83 bits per heavy atom. The van der Waals surface area contributed by atoms with Gasteiger partial charge in [-0.05, 0) is 61.6 Å². The molecular weight excluding hydrogens is 443 g/mol. The molecule has 0 spiro atoms. The van der Waals surface area contributed by atoms with Gasteiger partial charge in [-0.15, -0.1) is 0 Å². The fourth-order valence-electron chi connectivity index (χ4n) is 4.79. The van der Waals surface area contributed by atoms with Gasteiger partial charge in [0.2, 0.25) is 5.91 Å². The number of piperidine rings is 1. The molecule has 0 saturated carbocycles. The summed E-state index contributed by atoms with van der Waals surface area (Å²) in [5.41, 5.74) is 3.46. The molecule has 35 heavy (non-hydrogen) atoms. The Morgan fingerprint density at radius 3 is 2.60 bits per heavy atom. The molecule has 182 valence electrons. The summed E-state index contributed by atoms with van der Waals surface area (Å²) in [6.07, 6.45) is 1.99. The molecule has 1 N–H and O–H groups in total. The number of para-hydroxylation sites is 1. The number of ether oxygens (including phenoxy) is 1. The number of halogens is 1. The maximum Gasteiger partial charge on any atom is 0.254 e. The van der Waals surface area contributed by atoms with Crippen LogP contribution in [-0.4, -0.2) is 36.9 Å². The average Bonchev–Trinajstić information content (AvgIpc) is 2.88. The Hall–Kier alpha value is -3.67. The van der Waals surface area contributed by atoms with Crippen LogP contribution < -0.4 is 10.1 Å². The molecule has 0 bridgehead atoms. The van der Waals surface area contributed by atoms with E-state index in [4.69, 9.17) is 4.74 Å². The van der Waals surface area contributed by atoms with Crippen LogP contribution in [0.15, 0.2) is 72.8 Å². The summed E-state index contributed by atoms with van der Waals surface area (Å²) in [7, 11) is 1.63. The van der Waals surface area contributed by atoms with E-state index in [2.05, 4.69) is 11.4 Å². The normalized spacial score (nSPS) is 17.6. The van der Waals surface area contributed by atoms with E-state index in [0.717, 1.165) is 22.4 Å². The number of benzene rings is 3. The van der Waals surface area contributed by atoms with E-state index in [1.54, 1.807) is 18.1 Å². The molecule has 0 radical (unpaired) electrons. The van der Waals surface area contributed by atoms with Gasteiger partial charge in [-0.3, -0.25) is 9.59 Å². The fourth-order valence-corrected chi connectivity index (χ4v) is 4.79. The standard InChI is InChI=1S/C29H31FN2O3/c1-20-7-5-9-22(17-20)26-14-13-24(19-32(26)29(34)23-10-6-11-25(30)18-23)28(33)31-16-15-21-8-3-4-12-27(21)35-2/h3-12,17-18,24,26H,13-16,19H2,1-2H3,(H,31,33)/t24-,26+/m0/s1. The van der Waals surface area contributed by atoms with Gasteiger partial charge < -0.3 is 15.0 Å². The zero-order valence-electron chi connectivity index (χ0n) is 20.2. The molecule has 3 aromatic carbocycles. The molecule has 5 nitrogen and oxygen atoms in total. The zero-order chi connectivity index (χ0) is 24.8. The molecule has 2 atom stereocenters. The number of nitrogens with one attached hydrogen (secondary N) is 1. The van der Waals surface area contributed by atoms with E-state index >= 15 is 0 Å². The Balaban J connectivity index is 1.48. The maximum atomic E-state index is 13.9. The van der Waals surface area contributed by atoms with Crippen molar-refractivity contribution in [1.82, 2.24) is 10.2 Å². The van der Waals surface area contributed by atoms with E-state index < -0.39 is 5.82 Å².